The molecule has 2 aromatic carbocycles. The molecule has 2 aromatic rings. The number of halogens is 1. The molecule has 0 radical (unpaired) electrons. The molecule has 1 aliphatic heterocycles. The van der Waals surface area contributed by atoms with Crippen LogP contribution in [0, 0.1) is 18.7 Å². The van der Waals surface area contributed by atoms with Crippen LogP contribution in [0.3, 0.4) is 0 Å². The maximum absolute atomic E-state index is 13.8. The fraction of sp³-hybridized carbons (Fsp3) is 0.381. The molecule has 2 N–H and O–H groups in total. The summed E-state index contributed by atoms with van der Waals surface area (Å²) in [7, 11) is -5.22. The third-order valence-electron chi connectivity index (χ3n) is 5.54. The summed E-state index contributed by atoms with van der Waals surface area (Å²) in [6.07, 6.45) is 0.883. The van der Waals surface area contributed by atoms with Crippen molar-refractivity contribution in [1.29, 1.82) is 0 Å². The Hall–Kier alpha value is -2.54. The van der Waals surface area contributed by atoms with Crippen LogP contribution in [0.2, 0.25) is 0 Å². The van der Waals surface area contributed by atoms with E-state index in [1.807, 2.05) is 0 Å². The van der Waals surface area contributed by atoms with E-state index in [0.29, 0.717) is 24.1 Å². The number of carbonyl (C=O) groups excluding carboxylic acids is 1. The van der Waals surface area contributed by atoms with Crippen molar-refractivity contribution in [2.75, 3.05) is 32.6 Å². The first-order valence-corrected chi connectivity index (χ1v) is 13.1. The van der Waals surface area contributed by atoms with E-state index in [1.54, 1.807) is 13.0 Å². The van der Waals surface area contributed by atoms with E-state index < -0.39 is 37.7 Å². The van der Waals surface area contributed by atoms with Gasteiger partial charge < -0.3 is 10.1 Å². The SMILES string of the molecule is CNS(=O)(=O)c1ccc(C)c(NC(=O)C2CCCN(S(=O)(=O)c3cc(F)ccc3OC)C2)c1. The molecule has 0 saturated carbocycles. The van der Waals surface area contributed by atoms with Crippen LogP contribution in [-0.2, 0) is 24.8 Å². The highest BCUT2D eigenvalue weighted by atomic mass is 32.2. The first-order valence-electron chi connectivity index (χ1n) is 10.2. The fourth-order valence-electron chi connectivity index (χ4n) is 3.62. The van der Waals surface area contributed by atoms with E-state index in [4.69, 9.17) is 4.74 Å². The summed E-state index contributed by atoms with van der Waals surface area (Å²) in [6.45, 7) is 1.81. The number of amides is 1. The van der Waals surface area contributed by atoms with E-state index >= 15 is 0 Å². The van der Waals surface area contributed by atoms with Gasteiger partial charge in [0.05, 0.1) is 17.9 Å². The Bertz CT molecular complexity index is 1260. The minimum Gasteiger partial charge on any atom is -0.495 e. The zero-order chi connectivity index (χ0) is 24.4. The average molecular weight is 500 g/mol. The van der Waals surface area contributed by atoms with Gasteiger partial charge in [0.25, 0.3) is 0 Å². The lowest BCUT2D eigenvalue weighted by atomic mass is 9.98. The highest BCUT2D eigenvalue weighted by molar-refractivity contribution is 7.89. The Morgan fingerprint density at radius 3 is 2.55 bits per heavy atom. The number of sulfonamides is 2. The number of hydrogen-bond donors (Lipinski definition) is 2. The summed E-state index contributed by atoms with van der Waals surface area (Å²) < 4.78 is 72.7. The Balaban J connectivity index is 1.82. The molecular formula is C21H26FN3O6S2. The Kier molecular flexibility index (Phi) is 7.42. The summed E-state index contributed by atoms with van der Waals surface area (Å²) in [5.41, 5.74) is 0.978. The molecule has 1 saturated heterocycles. The number of ether oxygens (including phenoxy) is 1. The average Bonchev–Trinajstić information content (AvgIpc) is 2.80. The lowest BCUT2D eigenvalue weighted by Crippen LogP contribution is -2.43. The zero-order valence-corrected chi connectivity index (χ0v) is 20.1. The number of aryl methyl sites for hydroxylation is 1. The normalized spacial score (nSPS) is 17.5. The van der Waals surface area contributed by atoms with Gasteiger partial charge in [0.15, 0.2) is 0 Å². The van der Waals surface area contributed by atoms with Crippen LogP contribution < -0.4 is 14.8 Å². The molecule has 0 bridgehead atoms. The Morgan fingerprint density at radius 2 is 1.88 bits per heavy atom. The van der Waals surface area contributed by atoms with Gasteiger partial charge in [-0.05, 0) is 62.7 Å². The maximum atomic E-state index is 13.8. The fourth-order valence-corrected chi connectivity index (χ4v) is 6.07. The van der Waals surface area contributed by atoms with Crippen molar-refractivity contribution in [1.82, 2.24) is 9.03 Å². The molecule has 12 heteroatoms. The van der Waals surface area contributed by atoms with Crippen molar-refractivity contribution in [2.24, 2.45) is 5.92 Å². The number of nitrogens with one attached hydrogen (secondary N) is 2. The standard InChI is InChI=1S/C21H26FN3O6S2/c1-14-6-8-17(32(27,28)23-2)12-18(14)24-21(26)15-5-4-10-25(13-15)33(29,30)20-11-16(22)7-9-19(20)31-3/h6-9,11-12,15,23H,4-5,10,13H2,1-3H3,(H,24,26). The van der Waals surface area contributed by atoms with E-state index in [2.05, 4.69) is 10.0 Å². The topological polar surface area (TPSA) is 122 Å². The second-order valence-corrected chi connectivity index (χ2v) is 11.5. The van der Waals surface area contributed by atoms with E-state index in [1.165, 1.54) is 32.4 Å². The van der Waals surface area contributed by atoms with Crippen LogP contribution in [0.4, 0.5) is 10.1 Å². The highest BCUT2D eigenvalue weighted by Gasteiger charge is 2.35. The first-order chi connectivity index (χ1) is 15.5. The second kappa shape index (κ2) is 9.75. The third kappa shape index (κ3) is 5.35. The molecule has 0 aliphatic carbocycles. The van der Waals surface area contributed by atoms with Gasteiger partial charge in [0.2, 0.25) is 26.0 Å². The van der Waals surface area contributed by atoms with Crippen molar-refractivity contribution in [3.8, 4) is 5.75 Å². The predicted molar refractivity (Wildman–Crippen MR) is 120 cm³/mol. The number of piperidine rings is 1. The molecule has 9 nitrogen and oxygen atoms in total. The number of carbonyl (C=O) groups is 1. The first kappa shape index (κ1) is 25.1. The van der Waals surface area contributed by atoms with Crippen molar-refractivity contribution in [3.05, 3.63) is 47.8 Å². The number of methoxy groups -OCH3 is 1. The van der Waals surface area contributed by atoms with Gasteiger partial charge >= 0.3 is 0 Å². The summed E-state index contributed by atoms with van der Waals surface area (Å²) in [5, 5.41) is 2.72. The summed E-state index contributed by atoms with van der Waals surface area (Å²) in [6, 6.07) is 7.61. The largest absolute Gasteiger partial charge is 0.495 e. The van der Waals surface area contributed by atoms with Gasteiger partial charge in [-0.1, -0.05) is 6.07 Å². The molecular weight excluding hydrogens is 473 g/mol. The van der Waals surface area contributed by atoms with Crippen LogP contribution in [0.5, 0.6) is 5.75 Å². The van der Waals surface area contributed by atoms with Gasteiger partial charge in [-0.2, -0.15) is 4.31 Å². The smallest absolute Gasteiger partial charge is 0.246 e. The number of anilines is 1. The van der Waals surface area contributed by atoms with Gasteiger partial charge in [-0.25, -0.2) is 25.9 Å². The quantitative estimate of drug-likeness (QED) is 0.602. The van der Waals surface area contributed by atoms with Crippen molar-refractivity contribution in [3.63, 3.8) is 0 Å². The van der Waals surface area contributed by atoms with Crippen molar-refractivity contribution >= 4 is 31.6 Å². The monoisotopic (exact) mass is 499 g/mol. The molecule has 1 fully saturated rings. The summed E-state index contributed by atoms with van der Waals surface area (Å²) in [4.78, 5) is 12.7. The number of rotatable bonds is 7. The lowest BCUT2D eigenvalue weighted by Gasteiger charge is -2.31. The molecule has 180 valence electrons. The van der Waals surface area contributed by atoms with E-state index in [0.717, 1.165) is 16.4 Å². The number of benzene rings is 2. The predicted octanol–water partition coefficient (Wildman–Crippen LogP) is 2.09. The number of nitrogens with zero attached hydrogens (tertiary/aromatic N) is 1. The van der Waals surface area contributed by atoms with Crippen LogP contribution in [0.25, 0.3) is 0 Å². The minimum atomic E-state index is -4.10. The molecule has 1 atom stereocenters. The molecule has 1 unspecified atom stereocenters. The molecule has 1 heterocycles. The number of hydrogen-bond acceptors (Lipinski definition) is 6. The van der Waals surface area contributed by atoms with Crippen LogP contribution in [0.1, 0.15) is 18.4 Å². The highest BCUT2D eigenvalue weighted by Crippen LogP contribution is 2.31. The zero-order valence-electron chi connectivity index (χ0n) is 18.5. The molecule has 0 spiro atoms. The van der Waals surface area contributed by atoms with Crippen LogP contribution in [0.15, 0.2) is 46.2 Å². The van der Waals surface area contributed by atoms with Crippen LogP contribution >= 0.6 is 0 Å². The van der Waals surface area contributed by atoms with Crippen molar-refractivity contribution in [2.45, 2.75) is 29.6 Å². The van der Waals surface area contributed by atoms with E-state index in [-0.39, 0.29) is 28.6 Å². The van der Waals surface area contributed by atoms with Crippen LogP contribution in [-0.4, -0.2) is 54.3 Å². The Labute approximate surface area is 193 Å². The van der Waals surface area contributed by atoms with Gasteiger partial charge in [-0.15, -0.1) is 0 Å². The van der Waals surface area contributed by atoms with Gasteiger partial charge in [-0.3, -0.25) is 4.79 Å². The molecule has 33 heavy (non-hydrogen) atoms. The Morgan fingerprint density at radius 1 is 1.15 bits per heavy atom. The third-order valence-corrected chi connectivity index (χ3v) is 8.84. The lowest BCUT2D eigenvalue weighted by molar-refractivity contribution is -0.120. The second-order valence-electron chi connectivity index (χ2n) is 7.67. The molecule has 1 amide bonds. The maximum Gasteiger partial charge on any atom is 0.246 e. The van der Waals surface area contributed by atoms with Crippen molar-refractivity contribution < 1.29 is 30.8 Å². The van der Waals surface area contributed by atoms with Gasteiger partial charge in [0.1, 0.15) is 16.5 Å². The molecule has 1 aliphatic rings. The summed E-state index contributed by atoms with van der Waals surface area (Å²) >= 11 is 0. The van der Waals surface area contributed by atoms with E-state index in [9.17, 15) is 26.0 Å². The molecule has 3 rings (SSSR count). The van der Waals surface area contributed by atoms with Gasteiger partial charge in [0, 0.05) is 18.8 Å². The molecule has 0 aromatic heterocycles. The summed E-state index contributed by atoms with van der Waals surface area (Å²) in [5.74, 6) is -1.80. The minimum absolute atomic E-state index is 0.00283.